The van der Waals surface area contributed by atoms with E-state index >= 15 is 0 Å². The highest BCUT2D eigenvalue weighted by Gasteiger charge is 2.28. The lowest BCUT2D eigenvalue weighted by Crippen LogP contribution is -2.29. The van der Waals surface area contributed by atoms with Gasteiger partial charge in [-0.25, -0.2) is 4.79 Å². The summed E-state index contributed by atoms with van der Waals surface area (Å²) in [6, 6.07) is -0.890. The van der Waals surface area contributed by atoms with E-state index in [1.54, 1.807) is 0 Å². The van der Waals surface area contributed by atoms with E-state index in [1.165, 1.54) is 0 Å². The van der Waals surface area contributed by atoms with Crippen LogP contribution in [0.2, 0.25) is 0 Å². The third kappa shape index (κ3) is 2.92. The third-order valence-electron chi connectivity index (χ3n) is 1.80. The van der Waals surface area contributed by atoms with Crippen molar-refractivity contribution >= 4 is 17.9 Å². The second-order valence-corrected chi connectivity index (χ2v) is 2.96. The highest BCUT2D eigenvalue weighted by atomic mass is 16.2. The van der Waals surface area contributed by atoms with Gasteiger partial charge in [-0.15, -0.1) is 0 Å². The van der Waals surface area contributed by atoms with Crippen LogP contribution >= 0.6 is 0 Å². The number of carbonyl (C=O) groups is 2. The molecule has 0 unspecified atom stereocenters. The van der Waals surface area contributed by atoms with Crippen LogP contribution in [0.1, 0.15) is 12.8 Å². The van der Waals surface area contributed by atoms with Gasteiger partial charge >= 0.3 is 6.03 Å². The van der Waals surface area contributed by atoms with Gasteiger partial charge in [0.25, 0.3) is 5.91 Å². The third-order valence-corrected chi connectivity index (χ3v) is 1.80. The molecule has 1 heterocycles. The van der Waals surface area contributed by atoms with Crippen molar-refractivity contribution in [3.63, 3.8) is 0 Å². The number of urea groups is 1. The van der Waals surface area contributed by atoms with Crippen molar-refractivity contribution in [3.05, 3.63) is 0 Å². The van der Waals surface area contributed by atoms with E-state index < -0.39 is 12.1 Å². The Labute approximate surface area is 80.9 Å². The van der Waals surface area contributed by atoms with Gasteiger partial charge in [0, 0.05) is 6.54 Å². The summed E-state index contributed by atoms with van der Waals surface area (Å²) in [7, 11) is 0. The largest absolute Gasteiger partial charge is 0.370 e. The van der Waals surface area contributed by atoms with Crippen molar-refractivity contribution in [1.82, 2.24) is 10.6 Å². The second-order valence-electron chi connectivity index (χ2n) is 2.96. The first-order valence-corrected chi connectivity index (χ1v) is 4.26. The molecule has 1 fully saturated rings. The van der Waals surface area contributed by atoms with Crippen LogP contribution in [-0.2, 0) is 4.79 Å². The zero-order valence-electron chi connectivity index (χ0n) is 7.62. The topological polar surface area (TPSA) is 123 Å². The van der Waals surface area contributed by atoms with E-state index in [1.807, 2.05) is 0 Å². The van der Waals surface area contributed by atoms with Gasteiger partial charge in [-0.2, -0.15) is 0 Å². The molecule has 0 aromatic rings. The lowest BCUT2D eigenvalue weighted by atomic mass is 10.1. The molecule has 3 amide bonds. The van der Waals surface area contributed by atoms with Gasteiger partial charge in [0.15, 0.2) is 5.96 Å². The molecule has 6 N–H and O–H groups in total. The minimum Gasteiger partial charge on any atom is -0.370 e. The minimum atomic E-state index is -0.448. The Morgan fingerprint density at radius 3 is 2.64 bits per heavy atom. The molecule has 7 nitrogen and oxygen atoms in total. The SMILES string of the molecule is NC(N)=NCCC[C@H]1NC(=O)NC1=O. The Morgan fingerprint density at radius 1 is 1.43 bits per heavy atom. The van der Waals surface area contributed by atoms with Gasteiger partial charge in [-0.3, -0.25) is 15.1 Å². The summed E-state index contributed by atoms with van der Waals surface area (Å²) in [5.74, 6) is -0.260. The summed E-state index contributed by atoms with van der Waals surface area (Å²) in [6.45, 7) is 0.460. The van der Waals surface area contributed by atoms with Crippen LogP contribution in [0.5, 0.6) is 0 Å². The minimum absolute atomic E-state index is 0.0323. The zero-order valence-corrected chi connectivity index (χ0v) is 7.62. The molecule has 14 heavy (non-hydrogen) atoms. The van der Waals surface area contributed by atoms with Gasteiger partial charge in [-0.1, -0.05) is 0 Å². The van der Waals surface area contributed by atoms with E-state index in [4.69, 9.17) is 11.5 Å². The lowest BCUT2D eigenvalue weighted by molar-refractivity contribution is -0.120. The molecule has 7 heteroatoms. The molecule has 1 rings (SSSR count). The maximum atomic E-state index is 11.0. The highest BCUT2D eigenvalue weighted by Crippen LogP contribution is 2.02. The zero-order chi connectivity index (χ0) is 10.6. The Morgan fingerprint density at radius 2 is 2.14 bits per heavy atom. The van der Waals surface area contributed by atoms with Crippen molar-refractivity contribution in [1.29, 1.82) is 0 Å². The lowest BCUT2D eigenvalue weighted by Gasteiger charge is -2.04. The summed E-state index contributed by atoms with van der Waals surface area (Å²) >= 11 is 0. The van der Waals surface area contributed by atoms with Crippen molar-refractivity contribution in [2.45, 2.75) is 18.9 Å². The van der Waals surface area contributed by atoms with Gasteiger partial charge in [-0.05, 0) is 12.8 Å². The van der Waals surface area contributed by atoms with E-state index in [-0.39, 0.29) is 11.9 Å². The molecular formula is C7H13N5O2. The van der Waals surface area contributed by atoms with Gasteiger partial charge in [0.05, 0.1) is 0 Å². The fraction of sp³-hybridized carbons (Fsp3) is 0.571. The number of rotatable bonds is 4. The summed E-state index contributed by atoms with van der Waals surface area (Å²) in [6.07, 6.45) is 1.19. The number of nitrogens with zero attached hydrogens (tertiary/aromatic N) is 1. The normalized spacial score (nSPS) is 20.1. The van der Waals surface area contributed by atoms with E-state index in [0.29, 0.717) is 19.4 Å². The number of guanidine groups is 1. The first-order chi connectivity index (χ1) is 6.59. The number of nitrogens with two attached hydrogens (primary N) is 2. The van der Waals surface area contributed by atoms with Gasteiger partial charge in [0.2, 0.25) is 0 Å². The van der Waals surface area contributed by atoms with Crippen LogP contribution in [0, 0.1) is 0 Å². The molecule has 0 spiro atoms. The standard InChI is InChI=1S/C7H13N5O2/c8-6(9)10-3-1-2-4-5(13)12-7(14)11-4/h4H,1-3H2,(H4,8,9,10)(H2,11,12,13,14)/t4-/m1/s1. The number of imide groups is 1. The number of hydrogen-bond acceptors (Lipinski definition) is 3. The highest BCUT2D eigenvalue weighted by molar-refractivity contribution is 6.04. The number of aliphatic imine (C=N–C) groups is 1. The predicted molar refractivity (Wildman–Crippen MR) is 50.4 cm³/mol. The first kappa shape index (κ1) is 10.3. The summed E-state index contributed by atoms with van der Waals surface area (Å²) < 4.78 is 0. The van der Waals surface area contributed by atoms with Crippen molar-refractivity contribution in [2.24, 2.45) is 16.5 Å². The average molecular weight is 199 g/mol. The molecule has 1 aliphatic heterocycles. The monoisotopic (exact) mass is 199 g/mol. The van der Waals surface area contributed by atoms with E-state index in [0.717, 1.165) is 0 Å². The fourth-order valence-corrected chi connectivity index (χ4v) is 1.17. The van der Waals surface area contributed by atoms with Crippen LogP contribution < -0.4 is 22.1 Å². The Balaban J connectivity index is 2.22. The Bertz CT molecular complexity index is 271. The van der Waals surface area contributed by atoms with Crippen LogP contribution in [0.15, 0.2) is 4.99 Å². The molecule has 1 atom stereocenters. The number of hydrogen-bond donors (Lipinski definition) is 4. The van der Waals surface area contributed by atoms with Crippen LogP contribution in [0.3, 0.4) is 0 Å². The molecule has 0 saturated carbocycles. The summed E-state index contributed by atoms with van der Waals surface area (Å²) in [5.41, 5.74) is 10.2. The maximum absolute atomic E-state index is 11.0. The number of amides is 3. The van der Waals surface area contributed by atoms with Crippen molar-refractivity contribution in [2.75, 3.05) is 6.54 Å². The molecule has 1 saturated heterocycles. The maximum Gasteiger partial charge on any atom is 0.322 e. The van der Waals surface area contributed by atoms with Crippen molar-refractivity contribution < 1.29 is 9.59 Å². The number of nitrogens with one attached hydrogen (secondary N) is 2. The summed E-state index contributed by atoms with van der Waals surface area (Å²) in [5, 5.41) is 4.62. The molecule has 0 aromatic carbocycles. The predicted octanol–water partition coefficient (Wildman–Crippen LogP) is -1.75. The van der Waals surface area contributed by atoms with Gasteiger partial charge < -0.3 is 16.8 Å². The van der Waals surface area contributed by atoms with Crippen LogP contribution in [-0.4, -0.2) is 30.5 Å². The molecule has 0 aliphatic carbocycles. The molecule has 78 valence electrons. The Hall–Kier alpha value is -1.79. The van der Waals surface area contributed by atoms with E-state index in [9.17, 15) is 9.59 Å². The van der Waals surface area contributed by atoms with Gasteiger partial charge in [0.1, 0.15) is 6.04 Å². The quantitative estimate of drug-likeness (QED) is 0.185. The van der Waals surface area contributed by atoms with Crippen LogP contribution in [0.4, 0.5) is 4.79 Å². The van der Waals surface area contributed by atoms with Crippen LogP contribution in [0.25, 0.3) is 0 Å². The van der Waals surface area contributed by atoms with Crippen molar-refractivity contribution in [3.8, 4) is 0 Å². The molecule has 0 bridgehead atoms. The Kier molecular flexibility index (Phi) is 3.27. The smallest absolute Gasteiger partial charge is 0.322 e. The molecule has 0 aromatic heterocycles. The molecule has 1 aliphatic rings. The summed E-state index contributed by atoms with van der Waals surface area (Å²) in [4.78, 5) is 25.5. The van der Waals surface area contributed by atoms with E-state index in [2.05, 4.69) is 15.6 Å². The average Bonchev–Trinajstić information content (AvgIpc) is 2.39. The first-order valence-electron chi connectivity index (χ1n) is 4.26. The molecular weight excluding hydrogens is 186 g/mol. The molecule has 0 radical (unpaired) electrons. The fourth-order valence-electron chi connectivity index (χ4n) is 1.17. The number of carbonyl (C=O) groups excluding carboxylic acids is 2. The second kappa shape index (κ2) is 4.45.